The molecule has 0 fully saturated rings. The van der Waals surface area contributed by atoms with Crippen molar-refractivity contribution in [3.05, 3.63) is 18.2 Å². The Kier molecular flexibility index (Phi) is 4.14. The molecule has 98 valence electrons. The van der Waals surface area contributed by atoms with Gasteiger partial charge in [0.15, 0.2) is 0 Å². The van der Waals surface area contributed by atoms with Crippen LogP contribution in [0.15, 0.2) is 23.1 Å². The van der Waals surface area contributed by atoms with E-state index in [0.717, 1.165) is 22.9 Å². The number of rotatable bonds is 3. The monoisotopic (exact) mass is 266 g/mol. The first-order valence-electron chi connectivity index (χ1n) is 5.96. The van der Waals surface area contributed by atoms with Crippen molar-refractivity contribution in [1.82, 2.24) is 5.32 Å². The molecule has 1 N–H and O–H groups in total. The van der Waals surface area contributed by atoms with Gasteiger partial charge in [-0.25, -0.2) is 0 Å². The molecule has 0 aliphatic carbocycles. The molecular formula is C13H18N2O2S. The number of anilines is 1. The van der Waals surface area contributed by atoms with Crippen LogP contribution >= 0.6 is 11.8 Å². The van der Waals surface area contributed by atoms with Crippen LogP contribution in [0, 0.1) is 0 Å². The van der Waals surface area contributed by atoms with Crippen molar-refractivity contribution in [1.29, 1.82) is 0 Å². The highest BCUT2D eigenvalue weighted by atomic mass is 32.2. The number of nitrogens with zero attached hydrogens (tertiary/aromatic N) is 1. The van der Waals surface area contributed by atoms with Crippen LogP contribution in [-0.4, -0.2) is 38.4 Å². The molecule has 0 bridgehead atoms. The van der Waals surface area contributed by atoms with Crippen molar-refractivity contribution in [2.75, 3.05) is 32.1 Å². The summed E-state index contributed by atoms with van der Waals surface area (Å²) in [4.78, 5) is 15.1. The first-order valence-corrected chi connectivity index (χ1v) is 6.84. The third kappa shape index (κ3) is 2.47. The van der Waals surface area contributed by atoms with Gasteiger partial charge in [-0.1, -0.05) is 13.0 Å². The minimum Gasteiger partial charge on any atom is -0.495 e. The predicted molar refractivity (Wildman–Crippen MR) is 74.6 cm³/mol. The number of methoxy groups -OCH3 is 1. The van der Waals surface area contributed by atoms with E-state index >= 15 is 0 Å². The molecule has 0 saturated heterocycles. The zero-order valence-corrected chi connectivity index (χ0v) is 11.7. The van der Waals surface area contributed by atoms with E-state index in [4.69, 9.17) is 4.74 Å². The number of fused-ring (bicyclic) bond motifs is 1. The minimum atomic E-state index is 0.0791. The molecule has 0 aromatic heterocycles. The number of hydrogen-bond donors (Lipinski definition) is 1. The minimum absolute atomic E-state index is 0.0791. The maximum Gasteiger partial charge on any atom is 0.241 e. The Balaban J connectivity index is 2.42. The van der Waals surface area contributed by atoms with E-state index in [1.807, 2.05) is 23.1 Å². The fourth-order valence-electron chi connectivity index (χ4n) is 2.10. The van der Waals surface area contributed by atoms with Crippen molar-refractivity contribution in [3.63, 3.8) is 0 Å². The molecule has 1 aliphatic rings. The number of para-hydroxylation sites is 1. The van der Waals surface area contributed by atoms with Crippen molar-refractivity contribution in [2.24, 2.45) is 0 Å². The number of amides is 1. The molecule has 18 heavy (non-hydrogen) atoms. The molecule has 1 aromatic rings. The maximum atomic E-state index is 12.2. The van der Waals surface area contributed by atoms with Gasteiger partial charge in [0.25, 0.3) is 0 Å². The molecule has 0 spiro atoms. The summed E-state index contributed by atoms with van der Waals surface area (Å²) in [6.07, 6.45) is 0. The fraction of sp³-hybridized carbons (Fsp3) is 0.462. The second-order valence-corrected chi connectivity index (χ2v) is 5.75. The molecule has 5 heteroatoms. The molecule has 1 unspecified atom stereocenters. The third-order valence-corrected chi connectivity index (χ3v) is 3.98. The van der Waals surface area contributed by atoms with E-state index in [2.05, 4.69) is 12.2 Å². The topological polar surface area (TPSA) is 41.6 Å². The van der Waals surface area contributed by atoms with Gasteiger partial charge in [-0.15, -0.1) is 11.8 Å². The van der Waals surface area contributed by atoms with Crippen molar-refractivity contribution >= 4 is 23.4 Å². The molecule has 1 aliphatic heterocycles. The Morgan fingerprint density at radius 1 is 1.61 bits per heavy atom. The quantitative estimate of drug-likeness (QED) is 0.905. The summed E-state index contributed by atoms with van der Waals surface area (Å²) in [6.45, 7) is 3.19. The lowest BCUT2D eigenvalue weighted by Gasteiger charge is -2.33. The normalized spacial score (nSPS) is 18.4. The summed E-state index contributed by atoms with van der Waals surface area (Å²) in [5.74, 6) is 0.840. The summed E-state index contributed by atoms with van der Waals surface area (Å²) >= 11 is 1.79. The van der Waals surface area contributed by atoms with Gasteiger partial charge in [0, 0.05) is 16.7 Å². The van der Waals surface area contributed by atoms with E-state index in [-0.39, 0.29) is 5.91 Å². The SMILES string of the molecule is CNCC(=O)N1CC(C)Sc2cccc(OC)c21. The van der Waals surface area contributed by atoms with Gasteiger partial charge in [0.1, 0.15) is 5.75 Å². The van der Waals surface area contributed by atoms with Crippen LogP contribution in [0.5, 0.6) is 5.75 Å². The van der Waals surface area contributed by atoms with Crippen molar-refractivity contribution < 1.29 is 9.53 Å². The largest absolute Gasteiger partial charge is 0.495 e. The average molecular weight is 266 g/mol. The molecular weight excluding hydrogens is 248 g/mol. The molecule has 1 atom stereocenters. The van der Waals surface area contributed by atoms with E-state index < -0.39 is 0 Å². The maximum absolute atomic E-state index is 12.2. The lowest BCUT2D eigenvalue weighted by molar-refractivity contribution is -0.117. The van der Waals surface area contributed by atoms with Crippen LogP contribution < -0.4 is 15.0 Å². The van der Waals surface area contributed by atoms with Gasteiger partial charge in [0.2, 0.25) is 5.91 Å². The zero-order chi connectivity index (χ0) is 13.1. The van der Waals surface area contributed by atoms with Gasteiger partial charge in [-0.3, -0.25) is 4.79 Å². The highest BCUT2D eigenvalue weighted by Gasteiger charge is 2.29. The molecule has 0 radical (unpaired) electrons. The zero-order valence-electron chi connectivity index (χ0n) is 10.9. The molecule has 4 nitrogen and oxygen atoms in total. The molecule has 1 aromatic carbocycles. The molecule has 1 amide bonds. The van der Waals surface area contributed by atoms with Gasteiger partial charge in [0.05, 0.1) is 19.3 Å². The standard InChI is InChI=1S/C13H18N2O2S/c1-9-8-15(12(16)7-14-2)13-10(17-3)5-4-6-11(13)18-9/h4-6,9,14H,7-8H2,1-3H3. The van der Waals surface area contributed by atoms with E-state index in [1.165, 1.54) is 0 Å². The smallest absolute Gasteiger partial charge is 0.241 e. The number of likely N-dealkylation sites (N-methyl/N-ethyl adjacent to an activating group) is 1. The number of nitrogens with one attached hydrogen (secondary N) is 1. The summed E-state index contributed by atoms with van der Waals surface area (Å²) in [5, 5.41) is 3.30. The fourth-order valence-corrected chi connectivity index (χ4v) is 3.24. The lowest BCUT2D eigenvalue weighted by atomic mass is 10.2. The molecule has 1 heterocycles. The molecule has 0 saturated carbocycles. The summed E-state index contributed by atoms with van der Waals surface area (Å²) in [6, 6.07) is 5.90. The Bertz CT molecular complexity index is 451. The lowest BCUT2D eigenvalue weighted by Crippen LogP contribution is -2.42. The average Bonchev–Trinajstić information content (AvgIpc) is 2.37. The summed E-state index contributed by atoms with van der Waals surface area (Å²) in [7, 11) is 3.42. The Hall–Kier alpha value is -1.20. The number of carbonyl (C=O) groups is 1. The van der Waals surface area contributed by atoms with E-state index in [1.54, 1.807) is 25.9 Å². The number of ether oxygens (including phenoxy) is 1. The van der Waals surface area contributed by atoms with Crippen molar-refractivity contribution in [2.45, 2.75) is 17.1 Å². The Labute approximate surface area is 112 Å². The van der Waals surface area contributed by atoms with Crippen LogP contribution in [-0.2, 0) is 4.79 Å². The van der Waals surface area contributed by atoms with Crippen molar-refractivity contribution in [3.8, 4) is 5.75 Å². The van der Waals surface area contributed by atoms with E-state index in [0.29, 0.717) is 11.8 Å². The number of benzene rings is 1. The second-order valence-electron chi connectivity index (χ2n) is 4.27. The Morgan fingerprint density at radius 3 is 3.06 bits per heavy atom. The summed E-state index contributed by atoms with van der Waals surface area (Å²) in [5.41, 5.74) is 0.906. The first-order chi connectivity index (χ1) is 8.67. The Morgan fingerprint density at radius 2 is 2.39 bits per heavy atom. The van der Waals surface area contributed by atoms with Crippen LogP contribution in [0.3, 0.4) is 0 Å². The van der Waals surface area contributed by atoms with E-state index in [9.17, 15) is 4.79 Å². The van der Waals surface area contributed by atoms with Gasteiger partial charge in [-0.05, 0) is 19.2 Å². The highest BCUT2D eigenvalue weighted by Crippen LogP contribution is 2.43. The number of thioether (sulfide) groups is 1. The van der Waals surface area contributed by atoms with Gasteiger partial charge < -0.3 is 15.0 Å². The van der Waals surface area contributed by atoms with Crippen LogP contribution in [0.25, 0.3) is 0 Å². The van der Waals surface area contributed by atoms with Crippen LogP contribution in [0.1, 0.15) is 6.92 Å². The predicted octanol–water partition coefficient (Wildman–Crippen LogP) is 1.74. The third-order valence-electron chi connectivity index (χ3n) is 2.85. The molecule has 2 rings (SSSR count). The van der Waals surface area contributed by atoms with Crippen LogP contribution in [0.2, 0.25) is 0 Å². The second kappa shape index (κ2) is 5.63. The van der Waals surface area contributed by atoms with Gasteiger partial charge >= 0.3 is 0 Å². The summed E-state index contributed by atoms with van der Waals surface area (Å²) < 4.78 is 5.38. The van der Waals surface area contributed by atoms with Gasteiger partial charge in [-0.2, -0.15) is 0 Å². The number of hydrogen-bond acceptors (Lipinski definition) is 4. The van der Waals surface area contributed by atoms with Crippen LogP contribution in [0.4, 0.5) is 5.69 Å². The highest BCUT2D eigenvalue weighted by molar-refractivity contribution is 8.00. The first kappa shape index (κ1) is 13.2. The number of carbonyl (C=O) groups excluding carboxylic acids is 1.